The van der Waals surface area contributed by atoms with Crippen LogP contribution in [0.15, 0.2) is 72.1 Å². The molecule has 1 heterocycles. The lowest BCUT2D eigenvalue weighted by atomic mass is 10.1. The fraction of sp³-hybridized carbons (Fsp3) is 0.174. The van der Waals surface area contributed by atoms with Crippen molar-refractivity contribution >= 4 is 34.7 Å². The maximum Gasteiger partial charge on any atom is 0.340 e. The van der Waals surface area contributed by atoms with E-state index in [1.807, 2.05) is 41.8 Å². The average molecular weight is 407 g/mol. The van der Waals surface area contributed by atoms with Gasteiger partial charge in [0.2, 0.25) is 5.91 Å². The van der Waals surface area contributed by atoms with Crippen LogP contribution in [0.3, 0.4) is 0 Å². The maximum absolute atomic E-state index is 12.4. The molecular formula is C23H21NO4S. The molecule has 6 heteroatoms. The van der Waals surface area contributed by atoms with E-state index in [2.05, 4.69) is 5.32 Å². The maximum atomic E-state index is 12.4. The van der Waals surface area contributed by atoms with Crippen molar-refractivity contribution in [1.82, 2.24) is 0 Å². The molecule has 0 unspecified atom stereocenters. The summed E-state index contributed by atoms with van der Waals surface area (Å²) in [4.78, 5) is 37.4. The number of esters is 1. The number of carbonyl (C=O) groups excluding carboxylic acids is 3. The largest absolute Gasteiger partial charge is 0.462 e. The third kappa shape index (κ3) is 6.12. The highest BCUT2D eigenvalue weighted by atomic mass is 32.1. The number of amides is 1. The monoisotopic (exact) mass is 407 g/mol. The molecule has 0 aliphatic carbocycles. The Morgan fingerprint density at radius 3 is 2.41 bits per heavy atom. The van der Waals surface area contributed by atoms with E-state index in [9.17, 15) is 14.4 Å². The van der Waals surface area contributed by atoms with E-state index in [1.165, 1.54) is 11.3 Å². The Morgan fingerprint density at radius 1 is 0.897 bits per heavy atom. The number of Topliss-reactive ketones (excluding diaryl/α,β-unsaturated/α-hetero) is 1. The minimum atomic E-state index is -0.524. The van der Waals surface area contributed by atoms with E-state index in [-0.39, 0.29) is 24.7 Å². The second kappa shape index (κ2) is 10.3. The number of hydrogen-bond acceptors (Lipinski definition) is 5. The van der Waals surface area contributed by atoms with Gasteiger partial charge in [-0.3, -0.25) is 9.59 Å². The third-order valence-corrected chi connectivity index (χ3v) is 5.12. The van der Waals surface area contributed by atoms with Gasteiger partial charge in [-0.05, 0) is 35.6 Å². The smallest absolute Gasteiger partial charge is 0.340 e. The van der Waals surface area contributed by atoms with E-state index >= 15 is 0 Å². The van der Waals surface area contributed by atoms with Crippen LogP contribution in [0.5, 0.6) is 0 Å². The Kier molecular flexibility index (Phi) is 7.30. The SMILES string of the molecule is O=C(Cc1ccccc1)Nc1ccccc1C(=O)OCCCC(=O)c1cccs1. The van der Waals surface area contributed by atoms with E-state index in [0.717, 1.165) is 5.56 Å². The second-order valence-electron chi connectivity index (χ2n) is 6.40. The molecule has 148 valence electrons. The molecule has 0 aliphatic rings. The van der Waals surface area contributed by atoms with Crippen LogP contribution in [0, 0.1) is 0 Å². The lowest BCUT2D eigenvalue weighted by molar-refractivity contribution is -0.115. The van der Waals surface area contributed by atoms with Gasteiger partial charge in [-0.1, -0.05) is 48.5 Å². The predicted octanol–water partition coefficient (Wildman–Crippen LogP) is 4.75. The number of thiophene rings is 1. The summed E-state index contributed by atoms with van der Waals surface area (Å²) in [5, 5.41) is 4.63. The zero-order chi connectivity index (χ0) is 20.5. The van der Waals surface area contributed by atoms with Crippen LogP contribution in [-0.4, -0.2) is 24.3 Å². The molecule has 0 saturated carbocycles. The van der Waals surface area contributed by atoms with Crippen molar-refractivity contribution in [2.45, 2.75) is 19.3 Å². The summed E-state index contributed by atoms with van der Waals surface area (Å²) >= 11 is 1.40. The van der Waals surface area contributed by atoms with Gasteiger partial charge < -0.3 is 10.1 Å². The van der Waals surface area contributed by atoms with Gasteiger partial charge in [0.1, 0.15) is 0 Å². The number of carbonyl (C=O) groups is 3. The van der Waals surface area contributed by atoms with Crippen LogP contribution in [0.25, 0.3) is 0 Å². The van der Waals surface area contributed by atoms with Crippen molar-refractivity contribution in [2.24, 2.45) is 0 Å². The number of rotatable bonds is 9. The van der Waals surface area contributed by atoms with Crippen molar-refractivity contribution in [3.05, 3.63) is 88.1 Å². The number of para-hydroxylation sites is 1. The summed E-state index contributed by atoms with van der Waals surface area (Å²) in [7, 11) is 0. The molecule has 3 aromatic rings. The molecule has 1 aromatic heterocycles. The minimum Gasteiger partial charge on any atom is -0.462 e. The minimum absolute atomic E-state index is 0.0459. The van der Waals surface area contributed by atoms with Gasteiger partial charge in [-0.25, -0.2) is 4.79 Å². The first kappa shape index (κ1) is 20.5. The molecule has 0 saturated heterocycles. The Morgan fingerprint density at radius 2 is 1.66 bits per heavy atom. The summed E-state index contributed by atoms with van der Waals surface area (Å²) in [5.74, 6) is -0.688. The summed E-state index contributed by atoms with van der Waals surface area (Å²) in [5.41, 5.74) is 1.59. The highest BCUT2D eigenvalue weighted by molar-refractivity contribution is 7.12. The molecule has 0 atom stereocenters. The lowest BCUT2D eigenvalue weighted by Gasteiger charge is -2.11. The van der Waals surface area contributed by atoms with Crippen molar-refractivity contribution in [3.8, 4) is 0 Å². The number of ketones is 1. The number of ether oxygens (including phenoxy) is 1. The van der Waals surface area contributed by atoms with E-state index in [0.29, 0.717) is 29.0 Å². The summed E-state index contributed by atoms with van der Waals surface area (Å²) in [6.07, 6.45) is 0.989. The molecule has 2 aromatic carbocycles. The molecule has 5 nitrogen and oxygen atoms in total. The van der Waals surface area contributed by atoms with Gasteiger partial charge in [0.25, 0.3) is 0 Å². The Bertz CT molecular complexity index is 968. The Labute approximate surface area is 173 Å². The normalized spacial score (nSPS) is 10.3. The molecular weight excluding hydrogens is 386 g/mol. The fourth-order valence-corrected chi connectivity index (χ4v) is 3.48. The number of anilines is 1. The Balaban J connectivity index is 1.51. The summed E-state index contributed by atoms with van der Waals surface area (Å²) < 4.78 is 5.30. The number of hydrogen-bond donors (Lipinski definition) is 1. The van der Waals surface area contributed by atoms with Crippen molar-refractivity contribution in [2.75, 3.05) is 11.9 Å². The van der Waals surface area contributed by atoms with E-state index < -0.39 is 5.97 Å². The zero-order valence-electron chi connectivity index (χ0n) is 15.8. The highest BCUT2D eigenvalue weighted by Gasteiger charge is 2.15. The van der Waals surface area contributed by atoms with Crippen molar-refractivity contribution < 1.29 is 19.1 Å². The standard InChI is InChI=1S/C23H21NO4S/c25-20(21-13-7-15-29-21)12-6-14-28-23(27)18-10-4-5-11-19(18)24-22(26)16-17-8-2-1-3-9-17/h1-5,7-11,13,15H,6,12,14,16H2,(H,24,26). The van der Waals surface area contributed by atoms with Crippen LogP contribution < -0.4 is 5.32 Å². The van der Waals surface area contributed by atoms with Crippen LogP contribution in [0.4, 0.5) is 5.69 Å². The van der Waals surface area contributed by atoms with Gasteiger partial charge in [-0.2, -0.15) is 0 Å². The van der Waals surface area contributed by atoms with E-state index in [4.69, 9.17) is 4.74 Å². The molecule has 0 spiro atoms. The summed E-state index contributed by atoms with van der Waals surface area (Å²) in [6.45, 7) is 0.141. The van der Waals surface area contributed by atoms with Gasteiger partial charge in [-0.15, -0.1) is 11.3 Å². The van der Waals surface area contributed by atoms with Gasteiger partial charge in [0.15, 0.2) is 5.78 Å². The van der Waals surface area contributed by atoms with Crippen molar-refractivity contribution in [3.63, 3.8) is 0 Å². The molecule has 29 heavy (non-hydrogen) atoms. The van der Waals surface area contributed by atoms with E-state index in [1.54, 1.807) is 30.3 Å². The molecule has 0 radical (unpaired) electrons. The average Bonchev–Trinajstić information content (AvgIpc) is 3.27. The molecule has 3 rings (SSSR count). The molecule has 0 fully saturated rings. The second-order valence-corrected chi connectivity index (χ2v) is 7.34. The van der Waals surface area contributed by atoms with Crippen molar-refractivity contribution in [1.29, 1.82) is 0 Å². The topological polar surface area (TPSA) is 72.5 Å². The van der Waals surface area contributed by atoms with Gasteiger partial charge in [0.05, 0.1) is 29.2 Å². The first-order chi connectivity index (χ1) is 14.1. The fourth-order valence-electron chi connectivity index (χ4n) is 2.78. The van der Waals surface area contributed by atoms with Gasteiger partial charge >= 0.3 is 5.97 Å². The number of benzene rings is 2. The quantitative estimate of drug-likeness (QED) is 0.316. The van der Waals surface area contributed by atoms with Crippen LogP contribution in [0.1, 0.15) is 38.4 Å². The van der Waals surface area contributed by atoms with Crippen LogP contribution in [-0.2, 0) is 16.0 Å². The van der Waals surface area contributed by atoms with Gasteiger partial charge in [0, 0.05) is 6.42 Å². The predicted molar refractivity (Wildman–Crippen MR) is 113 cm³/mol. The molecule has 1 amide bonds. The summed E-state index contributed by atoms with van der Waals surface area (Å²) in [6, 6.07) is 19.7. The highest BCUT2D eigenvalue weighted by Crippen LogP contribution is 2.17. The lowest BCUT2D eigenvalue weighted by Crippen LogP contribution is -2.17. The zero-order valence-corrected chi connectivity index (χ0v) is 16.6. The first-order valence-corrected chi connectivity index (χ1v) is 10.2. The third-order valence-electron chi connectivity index (χ3n) is 4.21. The van der Waals surface area contributed by atoms with Crippen LogP contribution in [0.2, 0.25) is 0 Å². The first-order valence-electron chi connectivity index (χ1n) is 9.30. The molecule has 0 aliphatic heterocycles. The van der Waals surface area contributed by atoms with Crippen LogP contribution >= 0.6 is 11.3 Å². The molecule has 1 N–H and O–H groups in total. The number of nitrogens with one attached hydrogen (secondary N) is 1. The molecule has 0 bridgehead atoms. The Hall–Kier alpha value is -3.25.